The van der Waals surface area contributed by atoms with Crippen molar-refractivity contribution in [2.45, 2.75) is 0 Å². The van der Waals surface area contributed by atoms with Gasteiger partial charge in [-0.05, 0) is 18.2 Å². The molecule has 0 saturated carbocycles. The first-order chi connectivity index (χ1) is 13.9. The Morgan fingerprint density at radius 2 is 1.00 bits per heavy atom. The molecular weight excluding hydrogens is 356 g/mol. The van der Waals surface area contributed by atoms with Crippen LogP contribution in [0.1, 0.15) is 17.1 Å². The topological polar surface area (TPSA) is 126 Å². The monoisotopic (exact) mass is 380 g/mol. The van der Waals surface area contributed by atoms with Gasteiger partial charge < -0.3 is 0 Å². The van der Waals surface area contributed by atoms with Gasteiger partial charge in [-0.25, -0.2) is 0 Å². The molecule has 3 aromatic heterocycles. The second-order valence-electron chi connectivity index (χ2n) is 5.98. The first-order valence-electron chi connectivity index (χ1n) is 9.10. The average Bonchev–Trinajstić information content (AvgIpc) is 3.48. The molecule has 28 heavy (non-hydrogen) atoms. The third-order valence-electron chi connectivity index (χ3n) is 3.89. The lowest BCUT2D eigenvalue weighted by molar-refractivity contribution is 0.298. The number of H-pyrrole nitrogens is 3. The molecule has 0 radical (unpaired) electrons. The maximum absolute atomic E-state index is 4.45. The van der Waals surface area contributed by atoms with Crippen LogP contribution in [0.3, 0.4) is 0 Å². The fraction of sp³-hybridized carbons (Fsp3) is 0.333. The van der Waals surface area contributed by atoms with E-state index >= 15 is 0 Å². The summed E-state index contributed by atoms with van der Waals surface area (Å²) in [4.78, 5) is 15.7. The van der Waals surface area contributed by atoms with Crippen LogP contribution in [0.15, 0.2) is 51.8 Å². The van der Waals surface area contributed by atoms with Crippen molar-refractivity contribution in [3.05, 3.63) is 53.9 Å². The van der Waals surface area contributed by atoms with E-state index in [9.17, 15) is 0 Å². The minimum Gasteiger partial charge on any atom is -0.298 e. The molecule has 0 aliphatic rings. The van der Waals surface area contributed by atoms with Crippen LogP contribution in [0, 0.1) is 0 Å². The van der Waals surface area contributed by atoms with Gasteiger partial charge in [-0.1, -0.05) is 0 Å². The van der Waals surface area contributed by atoms with Crippen molar-refractivity contribution < 1.29 is 0 Å². The molecule has 3 aromatic rings. The molecule has 0 unspecified atom stereocenters. The molecule has 0 atom stereocenters. The minimum absolute atomic E-state index is 0.702. The van der Waals surface area contributed by atoms with Crippen molar-refractivity contribution >= 4 is 18.6 Å². The second kappa shape index (κ2) is 11.3. The number of nitrogens with zero attached hydrogens (tertiary/aromatic N) is 7. The number of rotatable bonds is 12. The standard InChI is InChI=1S/C18H24N10/c1-4-22-25-16(1)13-19-7-10-28(11-8-20-14-17-2-5-23-26-17)12-9-21-15-18-3-6-24-27-18/h1-6,13-15H,7-12H2,(H,22,25)(H,23,26)(H,24,27). The molecule has 0 amide bonds. The Balaban J connectivity index is 1.44. The molecule has 10 nitrogen and oxygen atoms in total. The Labute approximate surface area is 162 Å². The van der Waals surface area contributed by atoms with Gasteiger partial charge in [0.05, 0.1) is 36.7 Å². The fourth-order valence-corrected chi connectivity index (χ4v) is 2.44. The average molecular weight is 380 g/mol. The Bertz CT molecular complexity index is 717. The maximum Gasteiger partial charge on any atom is 0.0756 e. The molecule has 0 aliphatic heterocycles. The largest absolute Gasteiger partial charge is 0.298 e. The lowest BCUT2D eigenvalue weighted by Crippen LogP contribution is -2.31. The third kappa shape index (κ3) is 7.08. The van der Waals surface area contributed by atoms with Crippen molar-refractivity contribution in [2.24, 2.45) is 15.0 Å². The van der Waals surface area contributed by atoms with Gasteiger partial charge in [0.1, 0.15) is 0 Å². The highest BCUT2D eigenvalue weighted by molar-refractivity contribution is 5.77. The summed E-state index contributed by atoms with van der Waals surface area (Å²) in [5, 5.41) is 20.3. The Morgan fingerprint density at radius 3 is 1.29 bits per heavy atom. The summed E-state index contributed by atoms with van der Waals surface area (Å²) < 4.78 is 0. The Morgan fingerprint density at radius 1 is 0.643 bits per heavy atom. The van der Waals surface area contributed by atoms with Crippen LogP contribution in [0.5, 0.6) is 0 Å². The van der Waals surface area contributed by atoms with E-state index < -0.39 is 0 Å². The lowest BCUT2D eigenvalue weighted by Gasteiger charge is -2.19. The van der Waals surface area contributed by atoms with Crippen molar-refractivity contribution in [3.8, 4) is 0 Å². The third-order valence-corrected chi connectivity index (χ3v) is 3.89. The van der Waals surface area contributed by atoms with Crippen LogP contribution in [0.4, 0.5) is 0 Å². The van der Waals surface area contributed by atoms with Crippen molar-refractivity contribution in [1.29, 1.82) is 0 Å². The molecule has 0 bridgehead atoms. The number of aromatic amines is 3. The Kier molecular flexibility index (Phi) is 7.84. The van der Waals surface area contributed by atoms with E-state index in [4.69, 9.17) is 0 Å². The molecule has 0 aromatic carbocycles. The highest BCUT2D eigenvalue weighted by atomic mass is 15.2. The van der Waals surface area contributed by atoms with Crippen LogP contribution in [0.2, 0.25) is 0 Å². The molecule has 3 heterocycles. The van der Waals surface area contributed by atoms with E-state index in [-0.39, 0.29) is 0 Å². The van der Waals surface area contributed by atoms with Crippen LogP contribution in [-0.2, 0) is 0 Å². The van der Waals surface area contributed by atoms with Crippen molar-refractivity contribution in [2.75, 3.05) is 39.3 Å². The molecule has 3 N–H and O–H groups in total. The van der Waals surface area contributed by atoms with Gasteiger partial charge in [-0.2, -0.15) is 15.3 Å². The quantitative estimate of drug-likeness (QED) is 0.402. The molecule has 10 heteroatoms. The first kappa shape index (κ1) is 19.4. The van der Waals surface area contributed by atoms with Gasteiger partial charge in [0.25, 0.3) is 0 Å². The zero-order valence-electron chi connectivity index (χ0n) is 15.6. The number of aliphatic imine (C=N–C) groups is 3. The summed E-state index contributed by atoms with van der Waals surface area (Å²) in [5.74, 6) is 0. The van der Waals surface area contributed by atoms with Crippen molar-refractivity contribution in [1.82, 2.24) is 35.5 Å². The summed E-state index contributed by atoms with van der Waals surface area (Å²) in [7, 11) is 0. The highest BCUT2D eigenvalue weighted by Gasteiger charge is 2.03. The predicted molar refractivity (Wildman–Crippen MR) is 110 cm³/mol. The Hall–Kier alpha value is -3.40. The van der Waals surface area contributed by atoms with E-state index in [0.29, 0.717) is 19.6 Å². The molecule has 0 spiro atoms. The zero-order valence-corrected chi connectivity index (χ0v) is 15.6. The number of aromatic nitrogens is 6. The zero-order chi connectivity index (χ0) is 19.3. The van der Waals surface area contributed by atoms with Gasteiger partial charge in [0.15, 0.2) is 0 Å². The normalized spacial score (nSPS) is 12.3. The summed E-state index contributed by atoms with van der Waals surface area (Å²) in [6.07, 6.45) is 10.5. The summed E-state index contributed by atoms with van der Waals surface area (Å²) in [6.45, 7) is 4.62. The number of hydrogen-bond donors (Lipinski definition) is 3. The maximum atomic E-state index is 4.45. The fourth-order valence-electron chi connectivity index (χ4n) is 2.44. The predicted octanol–water partition coefficient (Wildman–Crippen LogP) is 0.815. The molecule has 146 valence electrons. The highest BCUT2D eigenvalue weighted by Crippen LogP contribution is 1.93. The van der Waals surface area contributed by atoms with Crippen LogP contribution in [0.25, 0.3) is 0 Å². The number of hydrogen-bond acceptors (Lipinski definition) is 7. The van der Waals surface area contributed by atoms with Crippen molar-refractivity contribution in [3.63, 3.8) is 0 Å². The van der Waals surface area contributed by atoms with E-state index in [1.165, 1.54) is 0 Å². The SMILES string of the molecule is C(=NCCN(CCN=Cc1ccn[nH]1)CCN=Cc1ccn[nH]1)c1ccn[nH]1. The summed E-state index contributed by atoms with van der Waals surface area (Å²) >= 11 is 0. The van der Waals surface area contributed by atoms with Gasteiger partial charge in [-0.15, -0.1) is 0 Å². The first-order valence-corrected chi connectivity index (χ1v) is 9.10. The van der Waals surface area contributed by atoms with E-state index in [1.807, 2.05) is 18.2 Å². The van der Waals surface area contributed by atoms with E-state index in [0.717, 1.165) is 36.7 Å². The second-order valence-corrected chi connectivity index (χ2v) is 5.98. The lowest BCUT2D eigenvalue weighted by atomic mass is 10.4. The smallest absolute Gasteiger partial charge is 0.0756 e. The van der Waals surface area contributed by atoms with Gasteiger partial charge in [-0.3, -0.25) is 35.2 Å². The van der Waals surface area contributed by atoms with Crippen LogP contribution < -0.4 is 0 Å². The van der Waals surface area contributed by atoms with Gasteiger partial charge in [0, 0.05) is 56.9 Å². The van der Waals surface area contributed by atoms with Crippen LogP contribution >= 0.6 is 0 Å². The molecule has 0 aliphatic carbocycles. The molecule has 0 saturated heterocycles. The number of nitrogens with one attached hydrogen (secondary N) is 3. The van der Waals surface area contributed by atoms with Gasteiger partial charge >= 0.3 is 0 Å². The molecule has 3 rings (SSSR count). The van der Waals surface area contributed by atoms with Gasteiger partial charge in [0.2, 0.25) is 0 Å². The summed E-state index contributed by atoms with van der Waals surface area (Å²) in [5.41, 5.74) is 2.71. The molecule has 0 fully saturated rings. The van der Waals surface area contributed by atoms with E-state index in [2.05, 4.69) is 50.5 Å². The summed E-state index contributed by atoms with van der Waals surface area (Å²) in [6, 6.07) is 5.65. The van der Waals surface area contributed by atoms with E-state index in [1.54, 1.807) is 37.2 Å². The molecular formula is C18H24N10. The minimum atomic E-state index is 0.702. The van der Waals surface area contributed by atoms with Crippen LogP contribution in [-0.4, -0.2) is 93.4 Å².